The number of aromatic nitrogens is 1. The van der Waals surface area contributed by atoms with Crippen LogP contribution in [0.4, 0.5) is 10.4 Å². The van der Waals surface area contributed by atoms with Gasteiger partial charge in [-0.15, -0.1) is 0 Å². The molecule has 0 saturated carbocycles. The molecule has 0 aliphatic carbocycles. The highest BCUT2D eigenvalue weighted by Crippen LogP contribution is 2.21. The van der Waals surface area contributed by atoms with Gasteiger partial charge in [0.1, 0.15) is 17.9 Å². The van der Waals surface area contributed by atoms with Crippen LogP contribution in [0.2, 0.25) is 0 Å². The summed E-state index contributed by atoms with van der Waals surface area (Å²) >= 11 is 0. The van der Waals surface area contributed by atoms with Gasteiger partial charge in [-0.25, -0.2) is 4.39 Å². The smallest absolute Gasteiger partial charge is 0.323 e. The van der Waals surface area contributed by atoms with E-state index in [1.807, 2.05) is 0 Å². The Balaban J connectivity index is 2.35. The number of fused-ring (bicyclic) bond motifs is 1. The second-order valence-electron chi connectivity index (χ2n) is 3.36. The second kappa shape index (κ2) is 3.80. The highest BCUT2D eigenvalue weighted by Gasteiger charge is 2.13. The number of nitrogens with zero attached hydrogens (tertiary/aromatic N) is 2. The number of likely N-dealkylation sites (N-methyl/N-ethyl adjacent to an activating group) is 1. The Morgan fingerprint density at radius 3 is 3.06 bits per heavy atom. The molecule has 0 amide bonds. The van der Waals surface area contributed by atoms with Gasteiger partial charge in [0, 0.05) is 13.1 Å². The maximum absolute atomic E-state index is 12.9. The molecule has 84 valence electrons. The van der Waals surface area contributed by atoms with E-state index in [0.29, 0.717) is 11.1 Å². The number of carbonyl (C=O) groups is 1. The first-order valence-electron chi connectivity index (χ1n) is 4.55. The number of hydrogen-bond donors (Lipinski definition) is 1. The van der Waals surface area contributed by atoms with E-state index in [0.717, 1.165) is 0 Å². The Hall–Kier alpha value is -2.11. The van der Waals surface area contributed by atoms with E-state index in [1.165, 1.54) is 30.1 Å². The van der Waals surface area contributed by atoms with Crippen molar-refractivity contribution in [2.45, 2.75) is 0 Å². The van der Waals surface area contributed by atoms with Gasteiger partial charge in [-0.05, 0) is 12.1 Å². The van der Waals surface area contributed by atoms with Crippen molar-refractivity contribution >= 4 is 23.1 Å². The largest absolute Gasteiger partial charge is 0.480 e. The SMILES string of the molecule is CN(CC(=O)O)c1nc2cc(F)ccc2o1. The average Bonchev–Trinajstić information content (AvgIpc) is 2.59. The molecule has 6 heteroatoms. The first-order chi connectivity index (χ1) is 7.56. The van der Waals surface area contributed by atoms with Gasteiger partial charge >= 0.3 is 5.97 Å². The first-order valence-corrected chi connectivity index (χ1v) is 4.55. The number of oxazole rings is 1. The fourth-order valence-corrected chi connectivity index (χ4v) is 1.32. The second-order valence-corrected chi connectivity index (χ2v) is 3.36. The van der Waals surface area contributed by atoms with E-state index in [9.17, 15) is 9.18 Å². The monoisotopic (exact) mass is 224 g/mol. The molecule has 16 heavy (non-hydrogen) atoms. The van der Waals surface area contributed by atoms with Gasteiger partial charge in [0.2, 0.25) is 0 Å². The Kier molecular flexibility index (Phi) is 2.47. The molecule has 0 radical (unpaired) electrons. The van der Waals surface area contributed by atoms with Crippen molar-refractivity contribution in [3.63, 3.8) is 0 Å². The van der Waals surface area contributed by atoms with Gasteiger partial charge in [0.05, 0.1) is 0 Å². The standard InChI is InChI=1S/C10H9FN2O3/c1-13(5-9(14)15)10-12-7-4-6(11)2-3-8(7)16-10/h2-4H,5H2,1H3,(H,14,15). The minimum atomic E-state index is -0.990. The topological polar surface area (TPSA) is 66.6 Å². The zero-order valence-electron chi connectivity index (χ0n) is 8.48. The van der Waals surface area contributed by atoms with Crippen LogP contribution in [0.3, 0.4) is 0 Å². The van der Waals surface area contributed by atoms with Crippen LogP contribution in [-0.4, -0.2) is 29.7 Å². The number of rotatable bonds is 3. The van der Waals surface area contributed by atoms with Gasteiger partial charge in [-0.3, -0.25) is 4.79 Å². The molecular formula is C10H9FN2O3. The summed E-state index contributed by atoms with van der Waals surface area (Å²) in [5, 5.41) is 8.59. The van der Waals surface area contributed by atoms with E-state index in [1.54, 1.807) is 0 Å². The minimum Gasteiger partial charge on any atom is -0.480 e. The van der Waals surface area contributed by atoms with Gasteiger partial charge in [0.25, 0.3) is 6.01 Å². The van der Waals surface area contributed by atoms with E-state index in [2.05, 4.69) is 4.98 Å². The van der Waals surface area contributed by atoms with Crippen molar-refractivity contribution in [1.29, 1.82) is 0 Å². The zero-order chi connectivity index (χ0) is 11.7. The third-order valence-corrected chi connectivity index (χ3v) is 2.04. The lowest BCUT2D eigenvalue weighted by molar-refractivity contribution is -0.135. The van der Waals surface area contributed by atoms with Gasteiger partial charge in [-0.2, -0.15) is 4.98 Å². The summed E-state index contributed by atoms with van der Waals surface area (Å²) in [6, 6.07) is 4.10. The highest BCUT2D eigenvalue weighted by molar-refractivity contribution is 5.76. The molecule has 1 N–H and O–H groups in total. The molecule has 0 atom stereocenters. The molecule has 5 nitrogen and oxygen atoms in total. The van der Waals surface area contributed by atoms with Crippen molar-refractivity contribution in [2.75, 3.05) is 18.5 Å². The van der Waals surface area contributed by atoms with Crippen molar-refractivity contribution in [3.05, 3.63) is 24.0 Å². The quantitative estimate of drug-likeness (QED) is 0.855. The van der Waals surface area contributed by atoms with Crippen LogP contribution in [0, 0.1) is 5.82 Å². The summed E-state index contributed by atoms with van der Waals surface area (Å²) < 4.78 is 18.1. The summed E-state index contributed by atoms with van der Waals surface area (Å²) in [6.07, 6.45) is 0. The molecule has 0 bridgehead atoms. The minimum absolute atomic E-state index is 0.156. The normalized spacial score (nSPS) is 10.6. The van der Waals surface area contributed by atoms with Crippen molar-refractivity contribution in [1.82, 2.24) is 4.98 Å². The number of anilines is 1. The van der Waals surface area contributed by atoms with Crippen molar-refractivity contribution in [2.24, 2.45) is 0 Å². The lowest BCUT2D eigenvalue weighted by Gasteiger charge is -2.09. The molecule has 0 saturated heterocycles. The predicted molar refractivity (Wildman–Crippen MR) is 54.9 cm³/mol. The molecule has 1 aromatic carbocycles. The summed E-state index contributed by atoms with van der Waals surface area (Å²) in [6.45, 7) is -0.227. The maximum atomic E-state index is 12.9. The Bertz CT molecular complexity index is 538. The third-order valence-electron chi connectivity index (χ3n) is 2.04. The van der Waals surface area contributed by atoms with E-state index in [-0.39, 0.29) is 12.6 Å². The highest BCUT2D eigenvalue weighted by atomic mass is 19.1. The summed E-state index contributed by atoms with van der Waals surface area (Å²) in [7, 11) is 1.54. The number of carboxylic acid groups (broad SMARTS) is 1. The average molecular weight is 224 g/mol. The first kappa shape index (κ1) is 10.4. The van der Waals surface area contributed by atoms with Crippen LogP contribution in [-0.2, 0) is 4.79 Å². The van der Waals surface area contributed by atoms with E-state index >= 15 is 0 Å². The van der Waals surface area contributed by atoms with Crippen molar-refractivity contribution < 1.29 is 18.7 Å². The number of aliphatic carboxylic acids is 1. The van der Waals surface area contributed by atoms with Crippen LogP contribution in [0.5, 0.6) is 0 Å². The maximum Gasteiger partial charge on any atom is 0.323 e. The molecule has 0 aliphatic rings. The van der Waals surface area contributed by atoms with Crippen LogP contribution in [0.15, 0.2) is 22.6 Å². The van der Waals surface area contributed by atoms with Gasteiger partial charge in [0.15, 0.2) is 5.58 Å². The molecular weight excluding hydrogens is 215 g/mol. The van der Waals surface area contributed by atoms with Gasteiger partial charge < -0.3 is 14.4 Å². The van der Waals surface area contributed by atoms with Crippen LogP contribution >= 0.6 is 0 Å². The number of halogens is 1. The number of hydrogen-bond acceptors (Lipinski definition) is 4. The fraction of sp³-hybridized carbons (Fsp3) is 0.200. The van der Waals surface area contributed by atoms with Crippen LogP contribution in [0.1, 0.15) is 0 Å². The molecule has 0 spiro atoms. The summed E-state index contributed by atoms with van der Waals surface area (Å²) in [5.41, 5.74) is 0.792. The molecule has 0 unspecified atom stereocenters. The van der Waals surface area contributed by atoms with Crippen LogP contribution < -0.4 is 4.90 Å². The lowest BCUT2D eigenvalue weighted by Crippen LogP contribution is -2.25. The van der Waals surface area contributed by atoms with Crippen LogP contribution in [0.25, 0.3) is 11.1 Å². The number of benzene rings is 1. The Morgan fingerprint density at radius 2 is 2.38 bits per heavy atom. The fourth-order valence-electron chi connectivity index (χ4n) is 1.32. The summed E-state index contributed by atoms with van der Waals surface area (Å²) in [5.74, 6) is -1.40. The predicted octanol–water partition coefficient (Wildman–Crippen LogP) is 1.49. The van der Waals surface area contributed by atoms with E-state index in [4.69, 9.17) is 9.52 Å². The Labute approximate surface area is 90.1 Å². The summed E-state index contributed by atoms with van der Waals surface area (Å²) in [4.78, 5) is 15.8. The van der Waals surface area contributed by atoms with E-state index < -0.39 is 11.8 Å². The zero-order valence-corrected chi connectivity index (χ0v) is 8.48. The van der Waals surface area contributed by atoms with Crippen molar-refractivity contribution in [3.8, 4) is 0 Å². The van der Waals surface area contributed by atoms with Gasteiger partial charge in [-0.1, -0.05) is 0 Å². The third kappa shape index (κ3) is 1.95. The molecule has 1 aromatic heterocycles. The molecule has 1 heterocycles. The molecule has 2 rings (SSSR count). The number of carboxylic acids is 1. The Morgan fingerprint density at radius 1 is 1.62 bits per heavy atom. The molecule has 0 fully saturated rings. The molecule has 0 aliphatic heterocycles. The lowest BCUT2D eigenvalue weighted by atomic mass is 10.3. The molecule has 2 aromatic rings.